The van der Waals surface area contributed by atoms with E-state index in [1.165, 1.54) is 19.3 Å². The molecule has 1 aromatic heterocycles. The van der Waals surface area contributed by atoms with Gasteiger partial charge in [0.05, 0.1) is 10.2 Å². The summed E-state index contributed by atoms with van der Waals surface area (Å²) in [7, 11) is 0. The van der Waals surface area contributed by atoms with Crippen LogP contribution in [0.1, 0.15) is 30.9 Å². The molecule has 1 saturated carbocycles. The van der Waals surface area contributed by atoms with Crippen LogP contribution in [0.5, 0.6) is 0 Å². The van der Waals surface area contributed by atoms with Crippen LogP contribution < -0.4 is 5.56 Å². The number of aromatic amines is 1. The van der Waals surface area contributed by atoms with Gasteiger partial charge < -0.3 is 0 Å². The Morgan fingerprint density at radius 1 is 1.58 bits per heavy atom. The Labute approximate surface area is 78.3 Å². The van der Waals surface area contributed by atoms with Crippen LogP contribution in [0.4, 0.5) is 0 Å². The minimum Gasteiger partial charge on any atom is -0.267 e. The van der Waals surface area contributed by atoms with Crippen molar-refractivity contribution in [3.05, 3.63) is 26.6 Å². The Balaban J connectivity index is 2.33. The third-order valence-electron chi connectivity index (χ3n) is 2.30. The molecule has 4 heteroatoms. The summed E-state index contributed by atoms with van der Waals surface area (Å²) in [5.74, 6) is 0.568. The maximum Gasteiger partial charge on any atom is 0.278 e. The largest absolute Gasteiger partial charge is 0.278 e. The second-order valence-corrected chi connectivity index (χ2v) is 3.95. The highest BCUT2D eigenvalue weighted by atomic mass is 79.9. The first-order chi connectivity index (χ1) is 5.77. The monoisotopic (exact) mass is 228 g/mol. The van der Waals surface area contributed by atoms with Crippen LogP contribution in [0.15, 0.2) is 15.3 Å². The number of hydrogen-bond acceptors (Lipinski definition) is 2. The molecule has 1 N–H and O–H groups in total. The summed E-state index contributed by atoms with van der Waals surface area (Å²) >= 11 is 3.18. The summed E-state index contributed by atoms with van der Waals surface area (Å²) in [5, 5.41) is 6.46. The van der Waals surface area contributed by atoms with Gasteiger partial charge in [0.1, 0.15) is 0 Å². The van der Waals surface area contributed by atoms with Crippen molar-refractivity contribution in [2.75, 3.05) is 0 Å². The standard InChI is InChI=1S/C8H9BrN2O/c9-6-4-7(5-2-1-3-5)10-11-8(6)12/h4-5H,1-3H2,(H,11,12). The van der Waals surface area contributed by atoms with E-state index < -0.39 is 0 Å². The van der Waals surface area contributed by atoms with E-state index in [1.807, 2.05) is 6.07 Å². The van der Waals surface area contributed by atoms with Crippen LogP contribution in [-0.2, 0) is 0 Å². The average molecular weight is 229 g/mol. The molecular weight excluding hydrogens is 220 g/mol. The molecule has 3 nitrogen and oxygen atoms in total. The smallest absolute Gasteiger partial charge is 0.267 e. The van der Waals surface area contributed by atoms with E-state index in [2.05, 4.69) is 26.1 Å². The lowest BCUT2D eigenvalue weighted by atomic mass is 9.83. The highest BCUT2D eigenvalue weighted by Gasteiger charge is 2.21. The van der Waals surface area contributed by atoms with Gasteiger partial charge in [0.2, 0.25) is 0 Å². The average Bonchev–Trinajstić information content (AvgIpc) is 1.93. The van der Waals surface area contributed by atoms with Gasteiger partial charge in [-0.2, -0.15) is 5.10 Å². The molecule has 0 bridgehead atoms. The van der Waals surface area contributed by atoms with Crippen LogP contribution in [0.2, 0.25) is 0 Å². The summed E-state index contributed by atoms with van der Waals surface area (Å²) in [5.41, 5.74) is 0.853. The van der Waals surface area contributed by atoms with Crippen molar-refractivity contribution in [1.82, 2.24) is 10.2 Å². The predicted molar refractivity (Wildman–Crippen MR) is 49.1 cm³/mol. The van der Waals surface area contributed by atoms with Crippen molar-refractivity contribution in [2.45, 2.75) is 25.2 Å². The Morgan fingerprint density at radius 3 is 2.83 bits per heavy atom. The second kappa shape index (κ2) is 3.01. The van der Waals surface area contributed by atoms with Gasteiger partial charge in [-0.05, 0) is 34.8 Å². The van der Waals surface area contributed by atoms with Gasteiger partial charge in [-0.3, -0.25) is 4.79 Å². The van der Waals surface area contributed by atoms with E-state index >= 15 is 0 Å². The molecule has 0 amide bonds. The fraction of sp³-hybridized carbons (Fsp3) is 0.500. The number of nitrogens with zero attached hydrogens (tertiary/aromatic N) is 1. The minimum atomic E-state index is -0.155. The van der Waals surface area contributed by atoms with Crippen molar-refractivity contribution in [1.29, 1.82) is 0 Å². The number of hydrogen-bond donors (Lipinski definition) is 1. The number of nitrogens with one attached hydrogen (secondary N) is 1. The molecule has 1 fully saturated rings. The van der Waals surface area contributed by atoms with Crippen molar-refractivity contribution < 1.29 is 0 Å². The predicted octanol–water partition coefficient (Wildman–Crippen LogP) is 1.80. The maximum atomic E-state index is 10.9. The van der Waals surface area contributed by atoms with Crippen molar-refractivity contribution in [3.8, 4) is 0 Å². The minimum absolute atomic E-state index is 0.155. The van der Waals surface area contributed by atoms with Gasteiger partial charge >= 0.3 is 0 Å². The SMILES string of the molecule is O=c1[nH]nc(C2CCC2)cc1Br. The Hall–Kier alpha value is -0.640. The van der Waals surface area contributed by atoms with E-state index in [1.54, 1.807) is 0 Å². The number of halogens is 1. The molecule has 0 radical (unpaired) electrons. The van der Waals surface area contributed by atoms with Gasteiger partial charge in [-0.15, -0.1) is 0 Å². The molecule has 1 aliphatic rings. The van der Waals surface area contributed by atoms with Crippen LogP contribution in [0, 0.1) is 0 Å². The van der Waals surface area contributed by atoms with E-state index in [9.17, 15) is 4.79 Å². The lowest BCUT2D eigenvalue weighted by Crippen LogP contribution is -2.16. The van der Waals surface area contributed by atoms with E-state index in [0.29, 0.717) is 10.4 Å². The number of rotatable bonds is 1. The molecule has 0 aliphatic heterocycles. The molecule has 0 saturated heterocycles. The first-order valence-corrected chi connectivity index (χ1v) is 4.82. The molecule has 12 heavy (non-hydrogen) atoms. The van der Waals surface area contributed by atoms with Crippen molar-refractivity contribution >= 4 is 15.9 Å². The maximum absolute atomic E-state index is 10.9. The fourth-order valence-electron chi connectivity index (χ4n) is 1.31. The highest BCUT2D eigenvalue weighted by Crippen LogP contribution is 2.35. The van der Waals surface area contributed by atoms with Gasteiger partial charge in [-0.25, -0.2) is 5.10 Å². The van der Waals surface area contributed by atoms with Crippen LogP contribution in [0.25, 0.3) is 0 Å². The van der Waals surface area contributed by atoms with E-state index in [4.69, 9.17) is 0 Å². The summed E-state index contributed by atoms with van der Waals surface area (Å²) < 4.78 is 0.583. The van der Waals surface area contributed by atoms with Crippen LogP contribution >= 0.6 is 15.9 Å². The third kappa shape index (κ3) is 1.31. The molecule has 0 spiro atoms. The summed E-state index contributed by atoms with van der Waals surface area (Å²) in [6.45, 7) is 0. The lowest BCUT2D eigenvalue weighted by molar-refractivity contribution is 0.407. The van der Waals surface area contributed by atoms with Gasteiger partial charge in [0, 0.05) is 5.92 Å². The first kappa shape index (κ1) is 7.98. The zero-order valence-electron chi connectivity index (χ0n) is 6.51. The Morgan fingerprint density at radius 2 is 2.33 bits per heavy atom. The summed E-state index contributed by atoms with van der Waals surface area (Å²) in [6.07, 6.45) is 3.68. The zero-order chi connectivity index (χ0) is 8.55. The molecule has 64 valence electrons. The molecule has 1 aromatic rings. The number of aromatic nitrogens is 2. The quantitative estimate of drug-likeness (QED) is 0.797. The van der Waals surface area contributed by atoms with Crippen molar-refractivity contribution in [3.63, 3.8) is 0 Å². The van der Waals surface area contributed by atoms with E-state index in [0.717, 1.165) is 5.69 Å². The molecule has 1 aliphatic carbocycles. The zero-order valence-corrected chi connectivity index (χ0v) is 8.10. The number of H-pyrrole nitrogens is 1. The second-order valence-electron chi connectivity index (χ2n) is 3.10. The van der Waals surface area contributed by atoms with Gasteiger partial charge in [0.15, 0.2) is 0 Å². The summed E-state index contributed by atoms with van der Waals surface area (Å²) in [4.78, 5) is 10.9. The summed E-state index contributed by atoms with van der Waals surface area (Å²) in [6, 6.07) is 1.82. The van der Waals surface area contributed by atoms with Gasteiger partial charge in [0.25, 0.3) is 5.56 Å². The highest BCUT2D eigenvalue weighted by molar-refractivity contribution is 9.10. The topological polar surface area (TPSA) is 45.8 Å². The van der Waals surface area contributed by atoms with Gasteiger partial charge in [-0.1, -0.05) is 6.42 Å². The first-order valence-electron chi connectivity index (χ1n) is 4.02. The van der Waals surface area contributed by atoms with Crippen LogP contribution in [0.3, 0.4) is 0 Å². The van der Waals surface area contributed by atoms with Crippen molar-refractivity contribution in [2.24, 2.45) is 0 Å². The molecule has 1 heterocycles. The fourth-order valence-corrected chi connectivity index (χ4v) is 1.63. The van der Waals surface area contributed by atoms with Crippen LogP contribution in [-0.4, -0.2) is 10.2 Å². The lowest BCUT2D eigenvalue weighted by Gasteiger charge is -2.24. The Bertz CT molecular complexity index is 343. The molecule has 0 aromatic carbocycles. The molecule has 0 atom stereocenters. The normalized spacial score (nSPS) is 17.4. The Kier molecular flexibility index (Phi) is 2.00. The molecular formula is C8H9BrN2O. The molecule has 2 rings (SSSR count). The van der Waals surface area contributed by atoms with E-state index in [-0.39, 0.29) is 5.56 Å². The third-order valence-corrected chi connectivity index (χ3v) is 2.89. The molecule has 0 unspecified atom stereocenters.